The molecule has 1 aromatic heterocycles. The van der Waals surface area contributed by atoms with Crippen LogP contribution in [0, 0.1) is 5.41 Å². The summed E-state index contributed by atoms with van der Waals surface area (Å²) in [5.74, 6) is 7.69. The summed E-state index contributed by atoms with van der Waals surface area (Å²) in [6.07, 6.45) is 4.07. The lowest BCUT2D eigenvalue weighted by atomic mass is 9.84. The number of rotatable bonds is 3. The predicted octanol–water partition coefficient (Wildman–Crippen LogP) is 2.51. The number of nitrogens with two attached hydrogens (primary N) is 1. The maximum Gasteiger partial charge on any atom is 0.148 e. The highest BCUT2D eigenvalue weighted by Crippen LogP contribution is 2.35. The van der Waals surface area contributed by atoms with E-state index in [1.165, 1.54) is 12.8 Å². The number of piperidine rings is 1. The second-order valence-corrected chi connectivity index (χ2v) is 6.45. The van der Waals surface area contributed by atoms with E-state index >= 15 is 0 Å². The second kappa shape index (κ2) is 5.33. The highest BCUT2D eigenvalue weighted by Gasteiger charge is 2.29. The minimum absolute atomic E-state index is 0.340. The molecule has 0 aromatic carbocycles. The van der Waals surface area contributed by atoms with Crippen LogP contribution in [0.5, 0.6) is 0 Å². The molecule has 1 aliphatic rings. The largest absolute Gasteiger partial charge is 0.356 e. The van der Waals surface area contributed by atoms with Crippen molar-refractivity contribution in [2.75, 3.05) is 23.4 Å². The molecule has 0 radical (unpaired) electrons. The Morgan fingerprint density at radius 3 is 2.68 bits per heavy atom. The third kappa shape index (κ3) is 2.97. The summed E-state index contributed by atoms with van der Waals surface area (Å²) in [6, 6.07) is 0. The van der Waals surface area contributed by atoms with Crippen molar-refractivity contribution < 1.29 is 0 Å². The molecule has 1 aliphatic heterocycles. The van der Waals surface area contributed by atoms with E-state index in [1.54, 1.807) is 6.33 Å². The van der Waals surface area contributed by atoms with Crippen molar-refractivity contribution in [3.8, 4) is 0 Å². The highest BCUT2D eigenvalue weighted by molar-refractivity contribution is 5.60. The minimum atomic E-state index is 0.340. The molecule has 0 spiro atoms. The lowest BCUT2D eigenvalue weighted by Crippen LogP contribution is -2.41. The molecule has 5 heteroatoms. The number of hydrogen-bond donors (Lipinski definition) is 2. The molecule has 3 N–H and O–H groups in total. The van der Waals surface area contributed by atoms with Gasteiger partial charge in [0.2, 0.25) is 0 Å². The molecule has 1 fully saturated rings. The smallest absolute Gasteiger partial charge is 0.148 e. The fraction of sp³-hybridized carbons (Fsp3) is 0.714. The van der Waals surface area contributed by atoms with E-state index in [2.05, 4.69) is 48.0 Å². The van der Waals surface area contributed by atoms with Crippen molar-refractivity contribution >= 4 is 11.6 Å². The molecular formula is C14H25N5. The SMILES string of the molecule is CC(C)c1c(NN)ncnc1N1CCCC(C)(C)C1. The average molecular weight is 263 g/mol. The number of hydrazine groups is 1. The molecule has 0 atom stereocenters. The van der Waals surface area contributed by atoms with E-state index in [9.17, 15) is 0 Å². The molecule has 1 aromatic rings. The first-order valence-electron chi connectivity index (χ1n) is 7.01. The molecule has 0 saturated carbocycles. The van der Waals surface area contributed by atoms with Crippen LogP contribution in [0.1, 0.15) is 52.0 Å². The molecule has 1 saturated heterocycles. The summed E-state index contributed by atoms with van der Waals surface area (Å²) in [6.45, 7) is 11.0. The summed E-state index contributed by atoms with van der Waals surface area (Å²) in [7, 11) is 0. The summed E-state index contributed by atoms with van der Waals surface area (Å²) >= 11 is 0. The van der Waals surface area contributed by atoms with Crippen LogP contribution in [0.25, 0.3) is 0 Å². The molecule has 0 amide bonds. The van der Waals surface area contributed by atoms with E-state index in [4.69, 9.17) is 5.84 Å². The fourth-order valence-corrected chi connectivity index (χ4v) is 2.89. The van der Waals surface area contributed by atoms with Gasteiger partial charge in [0.1, 0.15) is 18.0 Å². The van der Waals surface area contributed by atoms with Crippen molar-refractivity contribution in [3.05, 3.63) is 11.9 Å². The molecule has 0 aliphatic carbocycles. The van der Waals surface area contributed by atoms with Gasteiger partial charge in [-0.3, -0.25) is 0 Å². The van der Waals surface area contributed by atoms with Crippen molar-refractivity contribution in [2.45, 2.75) is 46.5 Å². The second-order valence-electron chi connectivity index (χ2n) is 6.45. The molecule has 5 nitrogen and oxygen atoms in total. The zero-order valence-electron chi connectivity index (χ0n) is 12.4. The maximum atomic E-state index is 5.58. The van der Waals surface area contributed by atoms with E-state index < -0.39 is 0 Å². The Morgan fingerprint density at radius 1 is 1.37 bits per heavy atom. The molecule has 2 heterocycles. The lowest BCUT2D eigenvalue weighted by molar-refractivity contribution is 0.291. The number of nitrogens with one attached hydrogen (secondary N) is 1. The van der Waals surface area contributed by atoms with Crippen LogP contribution >= 0.6 is 0 Å². The Kier molecular flexibility index (Phi) is 3.94. The predicted molar refractivity (Wildman–Crippen MR) is 79.2 cm³/mol. The summed E-state index contributed by atoms with van der Waals surface area (Å²) in [4.78, 5) is 11.1. The third-order valence-corrected chi connectivity index (χ3v) is 3.78. The molecule has 106 valence electrons. The zero-order valence-corrected chi connectivity index (χ0v) is 12.4. The van der Waals surface area contributed by atoms with Crippen LogP contribution in [0.2, 0.25) is 0 Å². The number of nitrogens with zero attached hydrogens (tertiary/aromatic N) is 3. The number of nitrogen functional groups attached to an aromatic ring is 1. The maximum absolute atomic E-state index is 5.58. The van der Waals surface area contributed by atoms with Gasteiger partial charge in [-0.25, -0.2) is 15.8 Å². The molecule has 0 bridgehead atoms. The normalized spacial score (nSPS) is 18.7. The van der Waals surface area contributed by atoms with Crippen molar-refractivity contribution in [1.82, 2.24) is 9.97 Å². The first-order valence-corrected chi connectivity index (χ1v) is 7.01. The summed E-state index contributed by atoms with van der Waals surface area (Å²) < 4.78 is 0. The summed E-state index contributed by atoms with van der Waals surface area (Å²) in [5.41, 5.74) is 4.15. The molecule has 0 unspecified atom stereocenters. The van der Waals surface area contributed by atoms with Gasteiger partial charge in [-0.15, -0.1) is 0 Å². The van der Waals surface area contributed by atoms with Gasteiger partial charge in [0.25, 0.3) is 0 Å². The molecular weight excluding hydrogens is 238 g/mol. The van der Waals surface area contributed by atoms with Crippen LogP contribution in [-0.2, 0) is 0 Å². The monoisotopic (exact) mass is 263 g/mol. The van der Waals surface area contributed by atoms with Gasteiger partial charge >= 0.3 is 0 Å². The third-order valence-electron chi connectivity index (χ3n) is 3.78. The first kappa shape index (κ1) is 14.1. The number of anilines is 2. The minimum Gasteiger partial charge on any atom is -0.356 e. The number of aromatic nitrogens is 2. The number of hydrogen-bond acceptors (Lipinski definition) is 5. The Bertz CT molecular complexity index is 441. The van der Waals surface area contributed by atoms with Crippen LogP contribution in [0.4, 0.5) is 11.6 Å². The standard InChI is InChI=1S/C14H25N5/c1-10(2)11-12(18-15)16-9-17-13(11)19-7-5-6-14(3,4)8-19/h9-10H,5-8,15H2,1-4H3,(H,16,17,18). The zero-order chi connectivity index (χ0) is 14.0. The van der Waals surface area contributed by atoms with Crippen molar-refractivity contribution in [2.24, 2.45) is 11.3 Å². The average Bonchev–Trinajstić information content (AvgIpc) is 2.36. The van der Waals surface area contributed by atoms with Gasteiger partial charge in [0, 0.05) is 18.7 Å². The van der Waals surface area contributed by atoms with Gasteiger partial charge in [-0.2, -0.15) is 0 Å². The van der Waals surface area contributed by atoms with Gasteiger partial charge in [-0.05, 0) is 24.2 Å². The molecule has 19 heavy (non-hydrogen) atoms. The Labute approximate surface area is 115 Å². The Hall–Kier alpha value is -1.36. The van der Waals surface area contributed by atoms with Gasteiger partial charge < -0.3 is 10.3 Å². The highest BCUT2D eigenvalue weighted by atomic mass is 15.3. The van der Waals surface area contributed by atoms with Gasteiger partial charge in [0.15, 0.2) is 0 Å². The van der Waals surface area contributed by atoms with Crippen LogP contribution in [-0.4, -0.2) is 23.1 Å². The summed E-state index contributed by atoms with van der Waals surface area (Å²) in [5, 5.41) is 0. The molecule has 2 rings (SSSR count). The van der Waals surface area contributed by atoms with Crippen LogP contribution in [0.15, 0.2) is 6.33 Å². The van der Waals surface area contributed by atoms with E-state index in [-0.39, 0.29) is 0 Å². The van der Waals surface area contributed by atoms with Crippen LogP contribution in [0.3, 0.4) is 0 Å². The van der Waals surface area contributed by atoms with Crippen LogP contribution < -0.4 is 16.2 Å². The van der Waals surface area contributed by atoms with Gasteiger partial charge in [-0.1, -0.05) is 27.7 Å². The Balaban J connectivity index is 2.38. The van der Waals surface area contributed by atoms with E-state index in [0.29, 0.717) is 11.3 Å². The lowest BCUT2D eigenvalue weighted by Gasteiger charge is -2.39. The first-order chi connectivity index (χ1) is 8.94. The van der Waals surface area contributed by atoms with Crippen molar-refractivity contribution in [3.63, 3.8) is 0 Å². The van der Waals surface area contributed by atoms with E-state index in [0.717, 1.165) is 30.3 Å². The fourth-order valence-electron chi connectivity index (χ4n) is 2.89. The Morgan fingerprint density at radius 2 is 2.11 bits per heavy atom. The quantitative estimate of drug-likeness (QED) is 0.648. The van der Waals surface area contributed by atoms with Crippen molar-refractivity contribution in [1.29, 1.82) is 0 Å². The van der Waals surface area contributed by atoms with E-state index in [1.807, 2.05) is 0 Å². The van der Waals surface area contributed by atoms with Gasteiger partial charge in [0.05, 0.1) is 0 Å². The topological polar surface area (TPSA) is 67.1 Å².